The van der Waals surface area contributed by atoms with E-state index in [2.05, 4.69) is 4.99 Å². The standard InChI is InChI=1S/C24H26F3N3O4/c1-2-32-23(31)16-10-15-11-19(27)22(29-7-6-24(14-29)33-8-3-9-34-24)28-21(15)30(13-16)20-5-4-17(25)12-18(20)26/h4-5,11-13,19,21H,2-3,6-10,14H2,1H3. The third-order valence-corrected chi connectivity index (χ3v) is 6.41. The summed E-state index contributed by atoms with van der Waals surface area (Å²) in [7, 11) is 0. The highest BCUT2D eigenvalue weighted by atomic mass is 19.1. The van der Waals surface area contributed by atoms with Gasteiger partial charge in [0.2, 0.25) is 0 Å². The average Bonchev–Trinajstić information content (AvgIpc) is 3.21. The van der Waals surface area contributed by atoms with E-state index in [1.807, 2.05) is 0 Å². The van der Waals surface area contributed by atoms with Gasteiger partial charge in [-0.15, -0.1) is 0 Å². The number of alkyl halides is 1. The lowest BCUT2D eigenvalue weighted by Gasteiger charge is -2.39. The van der Waals surface area contributed by atoms with Crippen LogP contribution in [0.5, 0.6) is 0 Å². The van der Waals surface area contributed by atoms with E-state index in [4.69, 9.17) is 14.2 Å². The monoisotopic (exact) mass is 477 g/mol. The summed E-state index contributed by atoms with van der Waals surface area (Å²) in [5.74, 6) is -2.69. The molecule has 1 aromatic rings. The van der Waals surface area contributed by atoms with Crippen LogP contribution in [0.1, 0.15) is 26.2 Å². The summed E-state index contributed by atoms with van der Waals surface area (Å²) in [6.07, 6.45) is 2.10. The van der Waals surface area contributed by atoms with E-state index >= 15 is 4.39 Å². The van der Waals surface area contributed by atoms with Crippen molar-refractivity contribution in [1.29, 1.82) is 0 Å². The zero-order valence-electron chi connectivity index (χ0n) is 18.8. The molecule has 182 valence electrons. The molecular weight excluding hydrogens is 451 g/mol. The van der Waals surface area contributed by atoms with Gasteiger partial charge in [-0.05, 0) is 37.1 Å². The summed E-state index contributed by atoms with van der Waals surface area (Å²) >= 11 is 0. The van der Waals surface area contributed by atoms with E-state index < -0.39 is 35.7 Å². The number of amidine groups is 1. The number of benzene rings is 1. The van der Waals surface area contributed by atoms with E-state index in [0.29, 0.717) is 38.3 Å². The van der Waals surface area contributed by atoms with Crippen LogP contribution in [0.2, 0.25) is 0 Å². The fourth-order valence-corrected chi connectivity index (χ4v) is 4.82. The number of carbonyl (C=O) groups is 1. The summed E-state index contributed by atoms with van der Waals surface area (Å²) in [6.45, 7) is 3.87. The molecular formula is C24H26F3N3O4. The number of aliphatic imine (C=N–C) groups is 1. The zero-order chi connectivity index (χ0) is 23.9. The van der Waals surface area contributed by atoms with Crippen molar-refractivity contribution in [3.63, 3.8) is 0 Å². The van der Waals surface area contributed by atoms with Crippen molar-refractivity contribution >= 4 is 17.5 Å². The highest BCUT2D eigenvalue weighted by molar-refractivity contribution is 5.93. The number of dihydropyridines is 1. The van der Waals surface area contributed by atoms with E-state index in [-0.39, 0.29) is 30.1 Å². The predicted octanol–water partition coefficient (Wildman–Crippen LogP) is 3.46. The number of carbonyl (C=O) groups excluding carboxylic acids is 1. The Labute approximate surface area is 195 Å². The fraction of sp³-hybridized carbons (Fsp3) is 0.500. The summed E-state index contributed by atoms with van der Waals surface area (Å²) in [5, 5.41) is 0. The SMILES string of the molecule is CCOC(=O)C1=CN(c2ccc(F)cc2F)C2N=C(N3CCC4(C3)OCCCO4)C(F)C=C2C1. The van der Waals surface area contributed by atoms with E-state index in [0.717, 1.165) is 18.6 Å². The topological polar surface area (TPSA) is 63.6 Å². The Hall–Kier alpha value is -2.85. The molecule has 7 nitrogen and oxygen atoms in total. The number of hydrogen-bond acceptors (Lipinski definition) is 7. The Kier molecular flexibility index (Phi) is 6.11. The average molecular weight is 477 g/mol. The van der Waals surface area contributed by atoms with Crippen LogP contribution >= 0.6 is 0 Å². The molecule has 2 fully saturated rings. The molecule has 0 saturated carbocycles. The molecule has 2 unspecified atom stereocenters. The molecule has 0 radical (unpaired) electrons. The van der Waals surface area contributed by atoms with Gasteiger partial charge in [-0.2, -0.15) is 0 Å². The molecule has 5 rings (SSSR count). The first-order valence-corrected chi connectivity index (χ1v) is 11.5. The number of ether oxygens (including phenoxy) is 3. The lowest BCUT2D eigenvalue weighted by Crippen LogP contribution is -2.48. The van der Waals surface area contributed by atoms with Crippen molar-refractivity contribution in [3.05, 3.63) is 53.3 Å². The summed E-state index contributed by atoms with van der Waals surface area (Å²) in [5.41, 5.74) is 0.767. The third-order valence-electron chi connectivity index (χ3n) is 6.41. The molecule has 0 aliphatic carbocycles. The quantitative estimate of drug-likeness (QED) is 0.491. The Bertz CT molecular complexity index is 1070. The number of anilines is 1. The largest absolute Gasteiger partial charge is 0.463 e. The maximum Gasteiger partial charge on any atom is 0.335 e. The minimum atomic E-state index is -1.51. The van der Waals surface area contributed by atoms with Crippen molar-refractivity contribution in [2.24, 2.45) is 4.99 Å². The number of hydrogen-bond donors (Lipinski definition) is 0. The zero-order valence-corrected chi connectivity index (χ0v) is 18.8. The summed E-state index contributed by atoms with van der Waals surface area (Å²) in [6, 6.07) is 3.17. The van der Waals surface area contributed by atoms with Gasteiger partial charge in [0.15, 0.2) is 12.0 Å². The Morgan fingerprint density at radius 1 is 1.29 bits per heavy atom. The molecule has 34 heavy (non-hydrogen) atoms. The van der Waals surface area contributed by atoms with Gasteiger partial charge >= 0.3 is 5.97 Å². The Balaban J connectivity index is 1.50. The van der Waals surface area contributed by atoms with Crippen LogP contribution < -0.4 is 4.90 Å². The highest BCUT2D eigenvalue weighted by Crippen LogP contribution is 2.38. The van der Waals surface area contributed by atoms with E-state index in [1.54, 1.807) is 11.8 Å². The van der Waals surface area contributed by atoms with Gasteiger partial charge < -0.3 is 24.0 Å². The molecule has 2 saturated heterocycles. The second kappa shape index (κ2) is 9.07. The molecule has 1 spiro atoms. The van der Waals surface area contributed by atoms with Crippen molar-refractivity contribution in [3.8, 4) is 0 Å². The van der Waals surface area contributed by atoms with Crippen molar-refractivity contribution in [2.75, 3.05) is 37.8 Å². The lowest BCUT2D eigenvalue weighted by molar-refractivity contribution is -0.256. The number of esters is 1. The molecule has 4 aliphatic rings. The van der Waals surface area contributed by atoms with Crippen LogP contribution in [-0.2, 0) is 19.0 Å². The molecule has 1 aromatic carbocycles. The number of nitrogens with zero attached hydrogens (tertiary/aromatic N) is 3. The highest BCUT2D eigenvalue weighted by Gasteiger charge is 2.45. The minimum Gasteiger partial charge on any atom is -0.463 e. The molecule has 0 N–H and O–H groups in total. The fourth-order valence-electron chi connectivity index (χ4n) is 4.82. The minimum absolute atomic E-state index is 0.0241. The molecule has 10 heteroatoms. The van der Waals surface area contributed by atoms with Gasteiger partial charge in [-0.3, -0.25) is 0 Å². The van der Waals surface area contributed by atoms with Gasteiger partial charge in [-0.25, -0.2) is 23.0 Å². The maximum absolute atomic E-state index is 15.4. The van der Waals surface area contributed by atoms with Gasteiger partial charge in [0, 0.05) is 31.7 Å². The lowest BCUT2D eigenvalue weighted by atomic mass is 9.94. The smallest absolute Gasteiger partial charge is 0.335 e. The Morgan fingerprint density at radius 3 is 2.82 bits per heavy atom. The first kappa shape index (κ1) is 22.9. The second-order valence-electron chi connectivity index (χ2n) is 8.69. The van der Waals surface area contributed by atoms with Crippen LogP contribution in [-0.4, -0.2) is 67.7 Å². The number of halogens is 3. The van der Waals surface area contributed by atoms with Gasteiger partial charge in [0.25, 0.3) is 0 Å². The Morgan fingerprint density at radius 2 is 2.09 bits per heavy atom. The van der Waals surface area contributed by atoms with Gasteiger partial charge in [0.05, 0.1) is 37.6 Å². The third kappa shape index (κ3) is 4.20. The summed E-state index contributed by atoms with van der Waals surface area (Å²) < 4.78 is 60.5. The van der Waals surface area contributed by atoms with Crippen LogP contribution in [0.25, 0.3) is 0 Å². The second-order valence-corrected chi connectivity index (χ2v) is 8.69. The molecule has 4 aliphatic heterocycles. The van der Waals surface area contributed by atoms with Crippen LogP contribution in [0.15, 0.2) is 46.6 Å². The van der Waals surface area contributed by atoms with Gasteiger partial charge in [0.1, 0.15) is 23.6 Å². The molecule has 0 amide bonds. The van der Waals surface area contributed by atoms with Crippen molar-refractivity contribution in [1.82, 2.24) is 4.90 Å². The number of fused-ring (bicyclic) bond motifs is 1. The van der Waals surface area contributed by atoms with Gasteiger partial charge in [-0.1, -0.05) is 0 Å². The van der Waals surface area contributed by atoms with Crippen molar-refractivity contribution < 1.29 is 32.2 Å². The van der Waals surface area contributed by atoms with Crippen LogP contribution in [0, 0.1) is 11.6 Å². The van der Waals surface area contributed by atoms with Crippen LogP contribution in [0.4, 0.5) is 18.9 Å². The maximum atomic E-state index is 15.4. The molecule has 4 heterocycles. The van der Waals surface area contributed by atoms with Crippen molar-refractivity contribution in [2.45, 2.75) is 44.3 Å². The number of likely N-dealkylation sites (tertiary alicyclic amines) is 1. The first-order chi connectivity index (χ1) is 16.4. The predicted molar refractivity (Wildman–Crippen MR) is 118 cm³/mol. The number of rotatable bonds is 3. The normalized spacial score (nSPS) is 26.1. The first-order valence-electron chi connectivity index (χ1n) is 11.5. The van der Waals surface area contributed by atoms with E-state index in [9.17, 15) is 13.6 Å². The molecule has 2 atom stereocenters. The van der Waals surface area contributed by atoms with Crippen LogP contribution in [0.3, 0.4) is 0 Å². The summed E-state index contributed by atoms with van der Waals surface area (Å²) in [4.78, 5) is 20.3. The molecule has 0 aromatic heterocycles. The van der Waals surface area contributed by atoms with E-state index in [1.165, 1.54) is 23.2 Å². The molecule has 0 bridgehead atoms.